The van der Waals surface area contributed by atoms with Crippen molar-refractivity contribution in [3.8, 4) is 10.6 Å². The Balaban J connectivity index is 2.35. The second kappa shape index (κ2) is 4.53. The van der Waals surface area contributed by atoms with Gasteiger partial charge in [-0.15, -0.1) is 24.0 Å². The van der Waals surface area contributed by atoms with E-state index in [1.165, 1.54) is 18.4 Å². The van der Waals surface area contributed by atoms with Gasteiger partial charge in [-0.05, 0) is 18.2 Å². The summed E-state index contributed by atoms with van der Waals surface area (Å²) in [6, 6.07) is 5.29. The number of carbonyl (C=O) groups excluding carboxylic acids is 1. The van der Waals surface area contributed by atoms with E-state index in [-0.39, 0.29) is 5.97 Å². The fourth-order valence-electron chi connectivity index (χ4n) is 1.26. The number of hydrogen-bond donors (Lipinski definition) is 2. The zero-order valence-electron chi connectivity index (χ0n) is 8.28. The van der Waals surface area contributed by atoms with E-state index in [1.807, 2.05) is 6.07 Å². The lowest BCUT2D eigenvalue weighted by Crippen LogP contribution is -2.00. The molecule has 2 rings (SSSR count). The van der Waals surface area contributed by atoms with E-state index >= 15 is 0 Å². The van der Waals surface area contributed by atoms with Crippen molar-refractivity contribution < 1.29 is 9.53 Å². The molecule has 0 radical (unpaired) electrons. The molecule has 1 N–H and O–H groups in total. The van der Waals surface area contributed by atoms with Crippen LogP contribution in [0.3, 0.4) is 0 Å². The maximum absolute atomic E-state index is 11.2. The van der Waals surface area contributed by atoms with Gasteiger partial charge in [0, 0.05) is 0 Å². The molecule has 2 aromatic heterocycles. The number of thiophene rings is 1. The van der Waals surface area contributed by atoms with Crippen LogP contribution in [0.15, 0.2) is 22.4 Å². The summed E-state index contributed by atoms with van der Waals surface area (Å²) in [4.78, 5) is 15.1. The van der Waals surface area contributed by atoms with Crippen LogP contribution in [0.25, 0.3) is 10.6 Å². The molecule has 0 spiro atoms. The van der Waals surface area contributed by atoms with Gasteiger partial charge in [-0.3, -0.25) is 0 Å². The van der Waals surface area contributed by atoms with Crippen LogP contribution in [0.4, 0.5) is 0 Å². The van der Waals surface area contributed by atoms with E-state index in [1.54, 1.807) is 12.1 Å². The van der Waals surface area contributed by atoms with Gasteiger partial charge in [-0.25, -0.2) is 4.79 Å². The van der Waals surface area contributed by atoms with Gasteiger partial charge in [-0.2, -0.15) is 0 Å². The monoisotopic (exact) mass is 273 g/mol. The quantitative estimate of drug-likeness (QED) is 0.650. The number of halogens is 1. The molecule has 0 aliphatic heterocycles. The third-order valence-corrected chi connectivity index (χ3v) is 4.05. The maximum atomic E-state index is 11.2. The Morgan fingerprint density at radius 3 is 2.88 bits per heavy atom. The van der Waals surface area contributed by atoms with Crippen LogP contribution in [0, 0.1) is 0 Å². The molecule has 84 valence electrons. The summed E-state index contributed by atoms with van der Waals surface area (Å²) in [5, 5.41) is 0.609. The fourth-order valence-corrected chi connectivity index (χ4v) is 2.68. The first-order chi connectivity index (χ1) is 7.61. The van der Waals surface area contributed by atoms with Gasteiger partial charge in [0.2, 0.25) is 0 Å². The zero-order chi connectivity index (χ0) is 11.7. The number of aromatic nitrogens is 1. The van der Waals surface area contributed by atoms with Crippen LogP contribution >= 0.6 is 35.6 Å². The third-order valence-electron chi connectivity index (χ3n) is 2.03. The lowest BCUT2D eigenvalue weighted by atomic mass is 10.3. The number of rotatable bonds is 2. The van der Waals surface area contributed by atoms with Crippen LogP contribution in [0.5, 0.6) is 0 Å². The number of nitrogens with one attached hydrogen (secondary N) is 1. The SMILES string of the molecule is COC(=O)c1ccc(-c2cc(Cl)c(S)s2)[nH]1. The molecule has 3 nitrogen and oxygen atoms in total. The molecular formula is C10H8ClNO2S2. The van der Waals surface area contributed by atoms with Crippen molar-refractivity contribution in [2.24, 2.45) is 0 Å². The molecule has 0 aliphatic carbocycles. The molecule has 0 saturated carbocycles. The molecule has 16 heavy (non-hydrogen) atoms. The Kier molecular flexibility index (Phi) is 3.28. The fraction of sp³-hybridized carbons (Fsp3) is 0.100. The topological polar surface area (TPSA) is 42.1 Å². The summed E-state index contributed by atoms with van der Waals surface area (Å²) in [6.07, 6.45) is 0. The second-order valence-corrected chi connectivity index (χ2v) is 5.25. The molecule has 0 unspecified atom stereocenters. The van der Waals surface area contributed by atoms with E-state index in [0.29, 0.717) is 10.7 Å². The molecule has 6 heteroatoms. The average Bonchev–Trinajstić information content (AvgIpc) is 2.86. The van der Waals surface area contributed by atoms with Crippen LogP contribution in [-0.2, 0) is 4.74 Å². The largest absolute Gasteiger partial charge is 0.464 e. The molecule has 2 aromatic rings. The van der Waals surface area contributed by atoms with Crippen molar-refractivity contribution >= 4 is 41.5 Å². The lowest BCUT2D eigenvalue weighted by molar-refractivity contribution is 0.0595. The van der Waals surface area contributed by atoms with Crippen molar-refractivity contribution in [2.45, 2.75) is 4.21 Å². The summed E-state index contributed by atoms with van der Waals surface area (Å²) < 4.78 is 5.36. The lowest BCUT2D eigenvalue weighted by Gasteiger charge is -1.94. The van der Waals surface area contributed by atoms with Crippen molar-refractivity contribution in [1.29, 1.82) is 0 Å². The molecule has 2 heterocycles. The molecule has 0 amide bonds. The van der Waals surface area contributed by atoms with Gasteiger partial charge in [0.05, 0.1) is 26.9 Å². The second-order valence-electron chi connectivity index (χ2n) is 3.04. The molecule has 0 fully saturated rings. The molecule has 0 aliphatic rings. The molecule has 0 aromatic carbocycles. The highest BCUT2D eigenvalue weighted by Gasteiger charge is 2.11. The van der Waals surface area contributed by atoms with E-state index in [4.69, 9.17) is 11.6 Å². The van der Waals surface area contributed by atoms with Crippen molar-refractivity contribution in [1.82, 2.24) is 4.98 Å². The highest BCUT2D eigenvalue weighted by atomic mass is 35.5. The van der Waals surface area contributed by atoms with Crippen LogP contribution < -0.4 is 0 Å². The summed E-state index contributed by atoms with van der Waals surface area (Å²) in [5.41, 5.74) is 1.25. The Bertz CT molecular complexity index is 513. The highest BCUT2D eigenvalue weighted by molar-refractivity contribution is 7.83. The third kappa shape index (κ3) is 2.11. The minimum Gasteiger partial charge on any atom is -0.464 e. The smallest absolute Gasteiger partial charge is 0.354 e. The minimum atomic E-state index is -0.389. The maximum Gasteiger partial charge on any atom is 0.354 e. The Hall–Kier alpha value is -0.910. The molecule has 0 saturated heterocycles. The number of esters is 1. The first-order valence-corrected chi connectivity index (χ1v) is 6.02. The minimum absolute atomic E-state index is 0.389. The van der Waals surface area contributed by atoms with Crippen molar-refractivity contribution in [3.63, 3.8) is 0 Å². The summed E-state index contributed by atoms with van der Waals surface area (Å²) >= 11 is 11.6. The van der Waals surface area contributed by atoms with Crippen molar-refractivity contribution in [3.05, 3.63) is 28.9 Å². The van der Waals surface area contributed by atoms with E-state index in [0.717, 1.165) is 14.8 Å². The number of methoxy groups -OCH3 is 1. The van der Waals surface area contributed by atoms with E-state index in [9.17, 15) is 4.79 Å². The van der Waals surface area contributed by atoms with Gasteiger partial charge >= 0.3 is 5.97 Å². The number of ether oxygens (including phenoxy) is 1. The van der Waals surface area contributed by atoms with E-state index in [2.05, 4.69) is 22.3 Å². The van der Waals surface area contributed by atoms with Crippen LogP contribution in [0.1, 0.15) is 10.5 Å². The van der Waals surface area contributed by atoms with Gasteiger partial charge in [0.1, 0.15) is 5.69 Å². The zero-order valence-corrected chi connectivity index (χ0v) is 10.7. The first kappa shape index (κ1) is 11.6. The van der Waals surface area contributed by atoms with Crippen molar-refractivity contribution in [2.75, 3.05) is 7.11 Å². The van der Waals surface area contributed by atoms with E-state index < -0.39 is 0 Å². The van der Waals surface area contributed by atoms with Crippen LogP contribution in [-0.4, -0.2) is 18.1 Å². The summed E-state index contributed by atoms with van der Waals surface area (Å²) in [6.45, 7) is 0. The summed E-state index contributed by atoms with van der Waals surface area (Å²) in [5.74, 6) is -0.389. The standard InChI is InChI=1S/C10H8ClNO2S2/c1-14-9(13)7-3-2-6(12-7)8-4-5(11)10(15)16-8/h2-4,12,15H,1H3. The first-order valence-electron chi connectivity index (χ1n) is 4.38. The number of aromatic amines is 1. The van der Waals surface area contributed by atoms with Gasteiger partial charge < -0.3 is 9.72 Å². The number of hydrogen-bond acceptors (Lipinski definition) is 4. The Morgan fingerprint density at radius 1 is 1.56 bits per heavy atom. The van der Waals surface area contributed by atoms with Gasteiger partial charge in [0.25, 0.3) is 0 Å². The van der Waals surface area contributed by atoms with Gasteiger partial charge in [-0.1, -0.05) is 11.6 Å². The number of thiol groups is 1. The summed E-state index contributed by atoms with van der Waals surface area (Å²) in [7, 11) is 1.34. The predicted octanol–water partition coefficient (Wildman–Crippen LogP) is 3.47. The molecular weight excluding hydrogens is 266 g/mol. The Labute approximate surface area is 107 Å². The Morgan fingerprint density at radius 2 is 2.31 bits per heavy atom. The van der Waals surface area contributed by atoms with Gasteiger partial charge in [0.15, 0.2) is 0 Å². The number of carbonyl (C=O) groups is 1. The highest BCUT2D eigenvalue weighted by Crippen LogP contribution is 2.36. The number of H-pyrrole nitrogens is 1. The predicted molar refractivity (Wildman–Crippen MR) is 67.7 cm³/mol. The normalized spacial score (nSPS) is 10.4. The van der Waals surface area contributed by atoms with Crippen LogP contribution in [0.2, 0.25) is 5.02 Å². The molecule has 0 bridgehead atoms. The average molecular weight is 274 g/mol. The molecule has 0 atom stereocenters.